The molecular weight excluding hydrogens is 438 g/mol. The van der Waals surface area contributed by atoms with Gasteiger partial charge in [0.2, 0.25) is 0 Å². The molecule has 1 aliphatic heterocycles. The lowest BCUT2D eigenvalue weighted by atomic mass is 9.70. The number of carbonyl (C=O) groups is 1. The molecule has 1 atom stereocenters. The van der Waals surface area contributed by atoms with Gasteiger partial charge in [0.05, 0.1) is 11.5 Å². The zero-order chi connectivity index (χ0) is 22.5. The van der Waals surface area contributed by atoms with Crippen molar-refractivity contribution in [3.8, 4) is 0 Å². The summed E-state index contributed by atoms with van der Waals surface area (Å²) in [5.41, 5.74) is 4.27. The third-order valence-electron chi connectivity index (χ3n) is 6.02. The van der Waals surface area contributed by atoms with Crippen LogP contribution in [0, 0.1) is 12.3 Å². The van der Waals surface area contributed by atoms with Crippen molar-refractivity contribution in [2.24, 2.45) is 5.41 Å². The van der Waals surface area contributed by atoms with Crippen LogP contribution in [0.15, 0.2) is 63.0 Å². The average Bonchev–Trinajstić information content (AvgIpc) is 3.25. The molecule has 2 aliphatic rings. The Kier molecular flexibility index (Phi) is 5.34. The van der Waals surface area contributed by atoms with E-state index in [1.807, 2.05) is 17.5 Å². The Morgan fingerprint density at radius 1 is 1.16 bits per heavy atom. The van der Waals surface area contributed by atoms with E-state index in [1.54, 1.807) is 11.3 Å². The number of benzene rings is 1. The monoisotopic (exact) mass is 463 g/mol. The maximum Gasteiger partial charge on any atom is 0.257 e. The van der Waals surface area contributed by atoms with Gasteiger partial charge < -0.3 is 10.3 Å². The largest absolute Gasteiger partial charge is 0.343 e. The van der Waals surface area contributed by atoms with Crippen LogP contribution >= 0.6 is 23.1 Å². The van der Waals surface area contributed by atoms with Gasteiger partial charge in [0.25, 0.3) is 5.56 Å². The fraction of sp³-hybridized carbons (Fsp3) is 0.320. The van der Waals surface area contributed by atoms with Crippen molar-refractivity contribution in [1.29, 1.82) is 0 Å². The van der Waals surface area contributed by atoms with Crippen molar-refractivity contribution < 1.29 is 4.79 Å². The van der Waals surface area contributed by atoms with E-state index >= 15 is 0 Å². The predicted molar refractivity (Wildman–Crippen MR) is 130 cm³/mol. The second-order valence-corrected chi connectivity index (χ2v) is 11.3. The van der Waals surface area contributed by atoms with Crippen LogP contribution < -0.4 is 10.9 Å². The number of aryl methyl sites for hydroxylation is 1. The lowest BCUT2D eigenvalue weighted by Gasteiger charge is -2.38. The Bertz CT molecular complexity index is 1270. The van der Waals surface area contributed by atoms with Crippen LogP contribution in [0.1, 0.15) is 54.2 Å². The number of thioether (sulfide) groups is 1. The molecule has 0 fully saturated rings. The molecule has 0 saturated carbocycles. The van der Waals surface area contributed by atoms with E-state index in [9.17, 15) is 9.59 Å². The number of aromatic nitrogens is 2. The zero-order valence-electron chi connectivity index (χ0n) is 18.3. The van der Waals surface area contributed by atoms with Gasteiger partial charge in [0.1, 0.15) is 5.82 Å². The Labute approximate surface area is 195 Å². The number of fused-ring (bicyclic) bond motifs is 1. The number of nitrogens with zero attached hydrogens (tertiary/aromatic N) is 1. The van der Waals surface area contributed by atoms with Gasteiger partial charge in [-0.2, -0.15) is 0 Å². The van der Waals surface area contributed by atoms with E-state index in [1.165, 1.54) is 22.9 Å². The molecule has 0 unspecified atom stereocenters. The number of hydrogen-bond donors (Lipinski definition) is 2. The van der Waals surface area contributed by atoms with Gasteiger partial charge in [-0.25, -0.2) is 4.98 Å². The van der Waals surface area contributed by atoms with E-state index in [0.717, 1.165) is 28.3 Å². The summed E-state index contributed by atoms with van der Waals surface area (Å²) in [6.45, 7) is 6.29. The molecule has 32 heavy (non-hydrogen) atoms. The average molecular weight is 464 g/mol. The number of nitrogens with one attached hydrogen (secondary N) is 2. The first-order valence-electron chi connectivity index (χ1n) is 10.7. The van der Waals surface area contributed by atoms with E-state index in [4.69, 9.17) is 4.98 Å². The highest BCUT2D eigenvalue weighted by atomic mass is 32.2. The number of allylic oxidation sites excluding steroid dienone is 2. The summed E-state index contributed by atoms with van der Waals surface area (Å²) in [6, 6.07) is 12.3. The molecule has 3 aromatic rings. The third-order valence-corrected chi connectivity index (χ3v) is 7.91. The lowest BCUT2D eigenvalue weighted by molar-refractivity contribution is -0.118. The van der Waals surface area contributed by atoms with Crippen LogP contribution in [0.4, 0.5) is 5.82 Å². The number of aromatic amines is 1. The van der Waals surface area contributed by atoms with E-state index in [0.29, 0.717) is 23.0 Å². The van der Waals surface area contributed by atoms with E-state index < -0.39 is 0 Å². The Hall–Kier alpha value is -2.64. The molecule has 2 N–H and O–H groups in total. The Morgan fingerprint density at radius 2 is 1.94 bits per heavy atom. The first kappa shape index (κ1) is 21.2. The van der Waals surface area contributed by atoms with Gasteiger partial charge >= 0.3 is 0 Å². The molecular formula is C25H25N3O2S2. The Morgan fingerprint density at radius 3 is 2.66 bits per heavy atom. The summed E-state index contributed by atoms with van der Waals surface area (Å²) >= 11 is 3.08. The van der Waals surface area contributed by atoms with E-state index in [2.05, 4.69) is 55.3 Å². The summed E-state index contributed by atoms with van der Waals surface area (Å²) in [5, 5.41) is 5.95. The number of H-pyrrole nitrogens is 1. The SMILES string of the molecule is Cc1ccc(CSc2nc3c(c(=O)[nH]2)[C@H](c2cccs2)C2=C(CC(C)(C)CC2=O)N3)cc1. The molecule has 5 rings (SSSR count). The number of carbonyl (C=O) groups excluding carboxylic acids is 1. The van der Waals surface area contributed by atoms with Crippen molar-refractivity contribution in [2.45, 2.75) is 50.4 Å². The van der Waals surface area contributed by atoms with Crippen LogP contribution in [0.3, 0.4) is 0 Å². The molecule has 1 aliphatic carbocycles. The Balaban J connectivity index is 1.54. The van der Waals surface area contributed by atoms with Crippen LogP contribution in [-0.4, -0.2) is 15.8 Å². The molecule has 1 aromatic carbocycles. The van der Waals surface area contributed by atoms with Crippen LogP contribution in [0.2, 0.25) is 0 Å². The smallest absolute Gasteiger partial charge is 0.257 e. The normalized spacial score (nSPS) is 19.3. The van der Waals surface area contributed by atoms with Crippen molar-refractivity contribution >= 4 is 34.7 Å². The van der Waals surface area contributed by atoms with Crippen molar-refractivity contribution in [3.05, 3.63) is 85.0 Å². The van der Waals surface area contributed by atoms with Gasteiger partial charge in [-0.1, -0.05) is 61.5 Å². The number of rotatable bonds is 4. The fourth-order valence-corrected chi connectivity index (χ4v) is 6.20. The molecule has 0 amide bonds. The van der Waals surface area contributed by atoms with Gasteiger partial charge in [-0.05, 0) is 35.8 Å². The minimum absolute atomic E-state index is 0.116. The molecule has 5 nitrogen and oxygen atoms in total. The number of hydrogen-bond acceptors (Lipinski definition) is 6. The van der Waals surface area contributed by atoms with Crippen molar-refractivity contribution in [2.75, 3.05) is 5.32 Å². The van der Waals surface area contributed by atoms with Gasteiger partial charge in [0.15, 0.2) is 10.9 Å². The second-order valence-electron chi connectivity index (χ2n) is 9.31. The topological polar surface area (TPSA) is 74.8 Å². The van der Waals surface area contributed by atoms with Crippen LogP contribution in [0.5, 0.6) is 0 Å². The zero-order valence-corrected chi connectivity index (χ0v) is 20.0. The second kappa shape index (κ2) is 8.05. The molecule has 164 valence electrons. The third kappa shape index (κ3) is 3.95. The lowest BCUT2D eigenvalue weighted by Crippen LogP contribution is -2.36. The van der Waals surface area contributed by atoms with Gasteiger partial charge in [-0.15, -0.1) is 11.3 Å². The maximum absolute atomic E-state index is 13.3. The van der Waals surface area contributed by atoms with Crippen LogP contribution in [0.25, 0.3) is 0 Å². The summed E-state index contributed by atoms with van der Waals surface area (Å²) < 4.78 is 0. The molecule has 7 heteroatoms. The first-order chi connectivity index (χ1) is 15.3. The summed E-state index contributed by atoms with van der Waals surface area (Å²) in [5.74, 6) is 1.04. The fourth-order valence-electron chi connectivity index (χ4n) is 4.54. The number of thiophene rings is 1. The number of anilines is 1. The highest BCUT2D eigenvalue weighted by molar-refractivity contribution is 7.98. The number of ketones is 1. The highest BCUT2D eigenvalue weighted by Crippen LogP contribution is 2.48. The summed E-state index contributed by atoms with van der Waals surface area (Å²) in [7, 11) is 0. The quantitative estimate of drug-likeness (QED) is 0.387. The predicted octanol–water partition coefficient (Wildman–Crippen LogP) is 5.63. The molecule has 2 aromatic heterocycles. The molecule has 3 heterocycles. The van der Waals surface area contributed by atoms with Crippen molar-refractivity contribution in [3.63, 3.8) is 0 Å². The van der Waals surface area contributed by atoms with E-state index in [-0.39, 0.29) is 22.7 Å². The molecule has 0 saturated heterocycles. The first-order valence-corrected chi connectivity index (χ1v) is 12.6. The van der Waals surface area contributed by atoms with Gasteiger partial charge in [-0.3, -0.25) is 9.59 Å². The minimum atomic E-state index is -0.364. The summed E-state index contributed by atoms with van der Waals surface area (Å²) in [6.07, 6.45) is 1.25. The highest BCUT2D eigenvalue weighted by Gasteiger charge is 2.42. The van der Waals surface area contributed by atoms with Crippen molar-refractivity contribution in [1.82, 2.24) is 9.97 Å². The molecule has 0 bridgehead atoms. The maximum atomic E-state index is 13.3. The van der Waals surface area contributed by atoms with Crippen LogP contribution in [-0.2, 0) is 10.5 Å². The molecule has 0 spiro atoms. The minimum Gasteiger partial charge on any atom is -0.343 e. The standard InChI is InChI=1S/C25H25N3O2S2/c1-14-6-8-15(9-7-14)13-32-24-27-22-21(23(30)28-24)20(18-5-4-10-31-18)19-16(26-22)11-25(2,3)12-17(19)29/h4-10,20H,11-13H2,1-3H3,(H2,26,27,28,30)/t20-/m1/s1. The van der Waals surface area contributed by atoms with Gasteiger partial charge in [0, 0.05) is 28.3 Å². The summed E-state index contributed by atoms with van der Waals surface area (Å²) in [4.78, 5) is 35.2. The molecule has 0 radical (unpaired) electrons. The number of Topliss-reactive ketones (excluding diaryl/α,β-unsaturated/α-hetero) is 1.